The molecule has 35 heavy (non-hydrogen) atoms. The predicted octanol–water partition coefficient (Wildman–Crippen LogP) is 5.42. The van der Waals surface area contributed by atoms with E-state index in [1.54, 1.807) is 18.4 Å². The molecule has 1 N–H and O–H groups in total. The quantitative estimate of drug-likeness (QED) is 0.272. The Morgan fingerprint density at radius 3 is 2.46 bits per heavy atom. The van der Waals surface area contributed by atoms with Gasteiger partial charge in [0.05, 0.1) is 12.4 Å². The van der Waals surface area contributed by atoms with Crippen LogP contribution in [0.4, 0.5) is 5.69 Å². The van der Waals surface area contributed by atoms with Crippen LogP contribution in [0.3, 0.4) is 0 Å². The highest BCUT2D eigenvalue weighted by atomic mass is 32.2. The molecule has 0 bridgehead atoms. The minimum Gasteiger partial charge on any atom is -0.493 e. The van der Waals surface area contributed by atoms with Crippen molar-refractivity contribution in [2.24, 2.45) is 0 Å². The molecular formula is C29H31NO4S. The fraction of sp³-hybridized carbons (Fsp3) is 0.276. The highest BCUT2D eigenvalue weighted by Crippen LogP contribution is 2.27. The summed E-state index contributed by atoms with van der Waals surface area (Å²) in [5.41, 5.74) is 3.99. The van der Waals surface area contributed by atoms with Crippen molar-refractivity contribution in [1.82, 2.24) is 0 Å². The van der Waals surface area contributed by atoms with E-state index in [9.17, 15) is 9.00 Å². The highest BCUT2D eigenvalue weighted by molar-refractivity contribution is 7.84. The standard InChI is InChI=1S/C29H31NO4S/c1-5-15-33-26-13-14-28(27(19-26)29(31)24-11-9-23(10-12-24)21(2)3)30-20-22-7-6-8-25(18-22)34-16-17-35(4)32/h1,6-14,18-19,21,30H,15-17,20H2,2-4H3. The van der Waals surface area contributed by atoms with Crippen LogP contribution >= 0.6 is 0 Å². The zero-order chi connectivity index (χ0) is 25.2. The summed E-state index contributed by atoms with van der Waals surface area (Å²) in [6.07, 6.45) is 6.98. The highest BCUT2D eigenvalue weighted by Gasteiger charge is 2.16. The van der Waals surface area contributed by atoms with E-state index in [2.05, 4.69) is 25.1 Å². The maximum Gasteiger partial charge on any atom is 0.195 e. The molecule has 0 heterocycles. The molecule has 0 aliphatic heterocycles. The van der Waals surface area contributed by atoms with Crippen molar-refractivity contribution in [3.63, 3.8) is 0 Å². The van der Waals surface area contributed by atoms with Gasteiger partial charge in [-0.05, 0) is 47.4 Å². The Labute approximate surface area is 210 Å². The molecule has 0 radical (unpaired) electrons. The smallest absolute Gasteiger partial charge is 0.195 e. The van der Waals surface area contributed by atoms with Gasteiger partial charge in [-0.15, -0.1) is 6.42 Å². The predicted molar refractivity (Wildman–Crippen MR) is 143 cm³/mol. The molecule has 3 aromatic rings. The van der Waals surface area contributed by atoms with E-state index in [4.69, 9.17) is 15.9 Å². The first-order valence-electron chi connectivity index (χ1n) is 11.5. The number of nitrogens with one attached hydrogen (secondary N) is 1. The summed E-state index contributed by atoms with van der Waals surface area (Å²) < 4.78 is 22.5. The maximum absolute atomic E-state index is 13.4. The molecule has 0 fully saturated rings. The summed E-state index contributed by atoms with van der Waals surface area (Å²) in [7, 11) is -0.895. The lowest BCUT2D eigenvalue weighted by atomic mass is 9.97. The molecule has 3 rings (SSSR count). The van der Waals surface area contributed by atoms with Crippen molar-refractivity contribution in [3.05, 3.63) is 89.0 Å². The van der Waals surface area contributed by atoms with E-state index in [1.165, 1.54) is 5.56 Å². The molecule has 0 saturated carbocycles. The van der Waals surface area contributed by atoms with Crippen molar-refractivity contribution < 1.29 is 18.5 Å². The van der Waals surface area contributed by atoms with Crippen LogP contribution in [0.2, 0.25) is 0 Å². The van der Waals surface area contributed by atoms with Crippen LogP contribution in [0.5, 0.6) is 11.5 Å². The number of hydrogen-bond acceptors (Lipinski definition) is 5. The van der Waals surface area contributed by atoms with E-state index in [1.807, 2.05) is 54.6 Å². The van der Waals surface area contributed by atoms with E-state index in [0.29, 0.717) is 53.1 Å². The number of rotatable bonds is 12. The number of anilines is 1. The monoisotopic (exact) mass is 489 g/mol. The van der Waals surface area contributed by atoms with Crippen molar-refractivity contribution >= 4 is 22.3 Å². The van der Waals surface area contributed by atoms with E-state index in [0.717, 1.165) is 5.56 Å². The fourth-order valence-corrected chi connectivity index (χ4v) is 3.79. The molecule has 182 valence electrons. The lowest BCUT2D eigenvalue weighted by Crippen LogP contribution is -2.10. The van der Waals surface area contributed by atoms with Crippen molar-refractivity contribution in [2.45, 2.75) is 26.3 Å². The van der Waals surface area contributed by atoms with Crippen LogP contribution in [-0.2, 0) is 17.3 Å². The third-order valence-corrected chi connectivity index (χ3v) is 6.16. The summed E-state index contributed by atoms with van der Waals surface area (Å²) in [5.74, 6) is 4.48. The Morgan fingerprint density at radius 2 is 1.77 bits per heavy atom. The normalized spacial score (nSPS) is 11.5. The second-order valence-corrected chi connectivity index (χ2v) is 9.99. The number of carbonyl (C=O) groups excluding carboxylic acids is 1. The van der Waals surface area contributed by atoms with Gasteiger partial charge in [0.25, 0.3) is 0 Å². The molecular weight excluding hydrogens is 458 g/mol. The van der Waals surface area contributed by atoms with Gasteiger partial charge in [0.2, 0.25) is 0 Å². The van der Waals surface area contributed by atoms with E-state index in [-0.39, 0.29) is 12.4 Å². The molecule has 0 aliphatic rings. The number of terminal acetylenes is 1. The largest absolute Gasteiger partial charge is 0.493 e. The zero-order valence-corrected chi connectivity index (χ0v) is 21.2. The van der Waals surface area contributed by atoms with Gasteiger partial charge in [-0.1, -0.05) is 56.2 Å². The fourth-order valence-electron chi connectivity index (χ4n) is 3.47. The molecule has 5 nitrogen and oxygen atoms in total. The molecule has 3 aromatic carbocycles. The SMILES string of the molecule is C#CCOc1ccc(NCc2cccc(OCCS(C)=O)c2)c(C(=O)c2ccc(C(C)C)cc2)c1. The van der Waals surface area contributed by atoms with Gasteiger partial charge >= 0.3 is 0 Å². The van der Waals surface area contributed by atoms with Gasteiger partial charge in [0.15, 0.2) is 5.78 Å². The molecule has 0 aliphatic carbocycles. The molecule has 0 saturated heterocycles. The van der Waals surface area contributed by atoms with Crippen molar-refractivity contribution in [2.75, 3.05) is 30.5 Å². The second-order valence-electron chi connectivity index (χ2n) is 8.43. The van der Waals surface area contributed by atoms with Crippen molar-refractivity contribution in [1.29, 1.82) is 0 Å². The van der Waals surface area contributed by atoms with Crippen LogP contribution in [0.15, 0.2) is 66.7 Å². The van der Waals surface area contributed by atoms with Crippen LogP contribution < -0.4 is 14.8 Å². The Balaban J connectivity index is 1.80. The third-order valence-electron chi connectivity index (χ3n) is 5.42. The lowest BCUT2D eigenvalue weighted by molar-refractivity contribution is 0.103. The molecule has 1 atom stereocenters. The topological polar surface area (TPSA) is 64.6 Å². The number of ether oxygens (including phenoxy) is 2. The minimum absolute atomic E-state index is 0.0985. The van der Waals surface area contributed by atoms with E-state index >= 15 is 0 Å². The van der Waals surface area contributed by atoms with Crippen LogP contribution in [0, 0.1) is 12.3 Å². The maximum atomic E-state index is 13.4. The first-order chi connectivity index (χ1) is 16.9. The first kappa shape index (κ1) is 26.1. The zero-order valence-electron chi connectivity index (χ0n) is 20.4. The molecule has 0 aromatic heterocycles. The average molecular weight is 490 g/mol. The number of benzene rings is 3. The van der Waals surface area contributed by atoms with Crippen LogP contribution in [-0.4, -0.2) is 35.2 Å². The average Bonchev–Trinajstić information content (AvgIpc) is 2.86. The van der Waals surface area contributed by atoms with Gasteiger partial charge in [-0.25, -0.2) is 0 Å². The van der Waals surface area contributed by atoms with Crippen LogP contribution in [0.1, 0.15) is 46.8 Å². The molecule has 0 amide bonds. The van der Waals surface area contributed by atoms with Crippen LogP contribution in [0.25, 0.3) is 0 Å². The Kier molecular flexibility index (Phi) is 9.51. The second kappa shape index (κ2) is 12.8. The summed E-state index contributed by atoms with van der Waals surface area (Å²) >= 11 is 0. The van der Waals surface area contributed by atoms with E-state index < -0.39 is 10.8 Å². The minimum atomic E-state index is -0.895. The summed E-state index contributed by atoms with van der Waals surface area (Å²) in [6.45, 7) is 5.26. The molecule has 1 unspecified atom stereocenters. The summed E-state index contributed by atoms with van der Waals surface area (Å²) in [5, 5.41) is 3.37. The molecule has 0 spiro atoms. The number of hydrogen-bond donors (Lipinski definition) is 1. The van der Waals surface area contributed by atoms with Gasteiger partial charge < -0.3 is 14.8 Å². The van der Waals surface area contributed by atoms with Gasteiger partial charge in [-0.3, -0.25) is 9.00 Å². The summed E-state index contributed by atoms with van der Waals surface area (Å²) in [6, 6.07) is 20.7. The lowest BCUT2D eigenvalue weighted by Gasteiger charge is -2.15. The first-order valence-corrected chi connectivity index (χ1v) is 13.2. The summed E-state index contributed by atoms with van der Waals surface area (Å²) in [4.78, 5) is 13.4. The molecule has 6 heteroatoms. The number of carbonyl (C=O) groups is 1. The number of ketones is 1. The Hall–Kier alpha value is -3.56. The van der Waals surface area contributed by atoms with Gasteiger partial charge in [-0.2, -0.15) is 0 Å². The van der Waals surface area contributed by atoms with Gasteiger partial charge in [0.1, 0.15) is 18.1 Å². The third kappa shape index (κ3) is 7.73. The van der Waals surface area contributed by atoms with Crippen molar-refractivity contribution in [3.8, 4) is 23.8 Å². The Bertz CT molecular complexity index is 1210. The van der Waals surface area contributed by atoms with Gasteiger partial charge in [0, 0.05) is 40.4 Å². The Morgan fingerprint density at radius 1 is 1.03 bits per heavy atom.